The highest BCUT2D eigenvalue weighted by Gasteiger charge is 2.35. The number of likely N-dealkylation sites (tertiary alicyclic amines) is 1. The minimum Gasteiger partial charge on any atom is -0.342 e. The largest absolute Gasteiger partial charge is 0.342 e. The van der Waals surface area contributed by atoms with Crippen LogP contribution in [-0.2, 0) is 4.79 Å². The molecule has 5 heteroatoms. The van der Waals surface area contributed by atoms with Crippen molar-refractivity contribution in [3.05, 3.63) is 53.3 Å². The van der Waals surface area contributed by atoms with E-state index in [1.165, 1.54) is 5.56 Å². The predicted octanol–water partition coefficient (Wildman–Crippen LogP) is 2.65. The van der Waals surface area contributed by atoms with Gasteiger partial charge in [-0.25, -0.2) is 0 Å². The van der Waals surface area contributed by atoms with Gasteiger partial charge in [0, 0.05) is 31.1 Å². The molecule has 1 saturated heterocycles. The summed E-state index contributed by atoms with van der Waals surface area (Å²) < 4.78 is 1.96. The van der Waals surface area contributed by atoms with E-state index < -0.39 is 0 Å². The Hall–Kier alpha value is -2.14. The summed E-state index contributed by atoms with van der Waals surface area (Å²) in [6, 6.07) is 12.5. The first-order valence-electron chi connectivity index (χ1n) is 9.05. The molecule has 2 N–H and O–H groups in total. The Labute approximate surface area is 149 Å². The summed E-state index contributed by atoms with van der Waals surface area (Å²) in [4.78, 5) is 14.8. The first-order chi connectivity index (χ1) is 12.0. The smallest absolute Gasteiger partial charge is 0.224 e. The minimum atomic E-state index is 0.0632. The van der Waals surface area contributed by atoms with E-state index in [4.69, 9.17) is 5.73 Å². The third kappa shape index (κ3) is 3.76. The average molecular weight is 340 g/mol. The molecule has 0 radical (unpaired) electrons. The van der Waals surface area contributed by atoms with Crippen molar-refractivity contribution in [1.82, 2.24) is 14.7 Å². The van der Waals surface area contributed by atoms with Gasteiger partial charge in [0.15, 0.2) is 0 Å². The summed E-state index contributed by atoms with van der Waals surface area (Å²) in [5, 5.41) is 4.51. The molecule has 1 fully saturated rings. The summed E-state index contributed by atoms with van der Waals surface area (Å²) in [6.07, 6.45) is 0.473. The van der Waals surface area contributed by atoms with Gasteiger partial charge in [-0.3, -0.25) is 9.48 Å². The second kappa shape index (κ2) is 7.40. The Bertz CT molecular complexity index is 725. The molecule has 2 aromatic rings. The number of nitrogens with zero attached hydrogens (tertiary/aromatic N) is 3. The standard InChI is InChI=1S/C20H28N4O/c1-14-9-15(2)24(22-14)16(3)10-20(25)23-12-18(11-21)19(13-23)17-7-5-4-6-8-17/h4-9,16,18-19H,10-13,21H2,1-3H3/t16?,18-,19+/m1/s1. The van der Waals surface area contributed by atoms with Crippen LogP contribution in [0.15, 0.2) is 36.4 Å². The molecular formula is C20H28N4O. The molecule has 25 heavy (non-hydrogen) atoms. The van der Waals surface area contributed by atoms with Crippen molar-refractivity contribution in [3.8, 4) is 0 Å². The maximum absolute atomic E-state index is 12.8. The number of rotatable bonds is 5. The van der Waals surface area contributed by atoms with Crippen molar-refractivity contribution in [1.29, 1.82) is 0 Å². The highest BCUT2D eigenvalue weighted by atomic mass is 16.2. The Kier molecular flexibility index (Phi) is 5.23. The lowest BCUT2D eigenvalue weighted by Crippen LogP contribution is -2.31. The van der Waals surface area contributed by atoms with Crippen LogP contribution in [0, 0.1) is 19.8 Å². The van der Waals surface area contributed by atoms with Crippen LogP contribution in [0.2, 0.25) is 0 Å². The number of nitrogens with two attached hydrogens (primary N) is 1. The average Bonchev–Trinajstić information content (AvgIpc) is 3.18. The fraction of sp³-hybridized carbons (Fsp3) is 0.500. The molecular weight excluding hydrogens is 312 g/mol. The second-order valence-corrected chi connectivity index (χ2v) is 7.24. The van der Waals surface area contributed by atoms with Crippen LogP contribution in [0.4, 0.5) is 0 Å². The van der Waals surface area contributed by atoms with Crippen LogP contribution >= 0.6 is 0 Å². The van der Waals surface area contributed by atoms with Crippen molar-refractivity contribution in [3.63, 3.8) is 0 Å². The van der Waals surface area contributed by atoms with Gasteiger partial charge in [0.05, 0.1) is 11.7 Å². The zero-order valence-electron chi connectivity index (χ0n) is 15.4. The minimum absolute atomic E-state index is 0.0632. The van der Waals surface area contributed by atoms with E-state index in [9.17, 15) is 4.79 Å². The fourth-order valence-corrected chi connectivity index (χ4v) is 3.95. The van der Waals surface area contributed by atoms with Gasteiger partial charge in [0.1, 0.15) is 0 Å². The van der Waals surface area contributed by atoms with Crippen molar-refractivity contribution in [2.45, 2.75) is 39.2 Å². The molecule has 2 heterocycles. The normalized spacial score (nSPS) is 21.5. The number of aryl methyl sites for hydroxylation is 2. The molecule has 5 nitrogen and oxygen atoms in total. The number of carbonyl (C=O) groups is 1. The van der Waals surface area contributed by atoms with Gasteiger partial charge in [-0.05, 0) is 44.9 Å². The molecule has 1 aliphatic heterocycles. The maximum Gasteiger partial charge on any atom is 0.224 e. The first-order valence-corrected chi connectivity index (χ1v) is 9.05. The maximum atomic E-state index is 12.8. The SMILES string of the molecule is Cc1cc(C)n(C(C)CC(=O)N2C[C@@H](CN)[C@H](c3ccccc3)C2)n1. The molecule has 1 unspecified atom stereocenters. The Morgan fingerprint density at radius 3 is 2.60 bits per heavy atom. The number of carbonyl (C=O) groups excluding carboxylic acids is 1. The quantitative estimate of drug-likeness (QED) is 0.910. The predicted molar refractivity (Wildman–Crippen MR) is 99.3 cm³/mol. The molecule has 1 aromatic heterocycles. The molecule has 0 spiro atoms. The van der Waals surface area contributed by atoms with Crippen LogP contribution in [-0.4, -0.2) is 40.2 Å². The monoisotopic (exact) mass is 340 g/mol. The van der Waals surface area contributed by atoms with E-state index in [0.717, 1.165) is 24.5 Å². The van der Waals surface area contributed by atoms with Gasteiger partial charge < -0.3 is 10.6 Å². The Morgan fingerprint density at radius 1 is 1.28 bits per heavy atom. The number of aromatic nitrogens is 2. The van der Waals surface area contributed by atoms with E-state index in [0.29, 0.717) is 24.8 Å². The zero-order valence-corrected chi connectivity index (χ0v) is 15.4. The second-order valence-electron chi connectivity index (χ2n) is 7.24. The third-order valence-electron chi connectivity index (χ3n) is 5.26. The van der Waals surface area contributed by atoms with Crippen molar-refractivity contribution < 1.29 is 4.79 Å². The lowest BCUT2D eigenvalue weighted by molar-refractivity contribution is -0.131. The molecule has 1 aromatic carbocycles. The number of benzene rings is 1. The van der Waals surface area contributed by atoms with E-state index in [1.807, 2.05) is 35.6 Å². The topological polar surface area (TPSA) is 64.2 Å². The zero-order chi connectivity index (χ0) is 18.0. The number of amides is 1. The van der Waals surface area contributed by atoms with Gasteiger partial charge in [-0.2, -0.15) is 5.10 Å². The van der Waals surface area contributed by atoms with Crippen LogP contribution < -0.4 is 5.73 Å². The van der Waals surface area contributed by atoms with Crippen LogP contribution in [0.1, 0.15) is 42.3 Å². The number of hydrogen-bond donors (Lipinski definition) is 1. The molecule has 0 aliphatic carbocycles. The van der Waals surface area contributed by atoms with Crippen LogP contribution in [0.5, 0.6) is 0 Å². The molecule has 1 aliphatic rings. The van der Waals surface area contributed by atoms with E-state index in [1.54, 1.807) is 0 Å². The number of hydrogen-bond acceptors (Lipinski definition) is 3. The molecule has 1 amide bonds. The van der Waals surface area contributed by atoms with E-state index in [-0.39, 0.29) is 11.9 Å². The lowest BCUT2D eigenvalue weighted by atomic mass is 9.89. The highest BCUT2D eigenvalue weighted by Crippen LogP contribution is 2.32. The van der Waals surface area contributed by atoms with Gasteiger partial charge in [-0.15, -0.1) is 0 Å². The third-order valence-corrected chi connectivity index (χ3v) is 5.26. The van der Waals surface area contributed by atoms with E-state index >= 15 is 0 Å². The highest BCUT2D eigenvalue weighted by molar-refractivity contribution is 5.77. The van der Waals surface area contributed by atoms with Gasteiger partial charge in [0.25, 0.3) is 0 Å². The van der Waals surface area contributed by atoms with Gasteiger partial charge in [0.2, 0.25) is 5.91 Å². The van der Waals surface area contributed by atoms with Crippen molar-refractivity contribution >= 4 is 5.91 Å². The van der Waals surface area contributed by atoms with Crippen molar-refractivity contribution in [2.24, 2.45) is 11.7 Å². The summed E-state index contributed by atoms with van der Waals surface area (Å²) in [7, 11) is 0. The lowest BCUT2D eigenvalue weighted by Gasteiger charge is -2.20. The summed E-state index contributed by atoms with van der Waals surface area (Å²) >= 11 is 0. The first kappa shape index (κ1) is 17.7. The van der Waals surface area contributed by atoms with E-state index in [2.05, 4.69) is 36.3 Å². The Balaban J connectivity index is 1.67. The molecule has 0 saturated carbocycles. The van der Waals surface area contributed by atoms with Crippen LogP contribution in [0.3, 0.4) is 0 Å². The molecule has 0 bridgehead atoms. The fourth-order valence-electron chi connectivity index (χ4n) is 3.95. The Morgan fingerprint density at radius 2 is 2.00 bits per heavy atom. The van der Waals surface area contributed by atoms with Gasteiger partial charge in [-0.1, -0.05) is 30.3 Å². The van der Waals surface area contributed by atoms with Gasteiger partial charge >= 0.3 is 0 Å². The summed E-state index contributed by atoms with van der Waals surface area (Å²) in [5.41, 5.74) is 9.35. The molecule has 3 rings (SSSR count). The molecule has 3 atom stereocenters. The summed E-state index contributed by atoms with van der Waals surface area (Å²) in [5.74, 6) is 0.853. The van der Waals surface area contributed by atoms with Crippen LogP contribution in [0.25, 0.3) is 0 Å². The molecule has 134 valence electrons. The van der Waals surface area contributed by atoms with Crippen molar-refractivity contribution in [2.75, 3.05) is 19.6 Å². The summed E-state index contributed by atoms with van der Waals surface area (Å²) in [6.45, 7) is 8.19.